The predicted molar refractivity (Wildman–Crippen MR) is 79.3 cm³/mol. The summed E-state index contributed by atoms with van der Waals surface area (Å²) in [5, 5.41) is 11.7. The summed E-state index contributed by atoms with van der Waals surface area (Å²) in [6.07, 6.45) is 3.77. The molecule has 0 aliphatic heterocycles. The highest BCUT2D eigenvalue weighted by atomic mass is 16.2. The molecule has 1 amide bonds. The van der Waals surface area contributed by atoms with Crippen LogP contribution in [0, 0.1) is 11.8 Å². The Morgan fingerprint density at radius 3 is 2.60 bits per heavy atom. The first kappa shape index (κ1) is 16.2. The molecule has 0 bridgehead atoms. The number of aromatic nitrogens is 1. The monoisotopic (exact) mass is 274 g/mol. The highest BCUT2D eigenvalue weighted by Crippen LogP contribution is 2.14. The fourth-order valence-electron chi connectivity index (χ4n) is 1.59. The molecule has 0 aliphatic rings. The molecule has 2 N–H and O–H groups in total. The van der Waals surface area contributed by atoms with E-state index >= 15 is 0 Å². The number of hydrogen-bond acceptors (Lipinski definition) is 3. The van der Waals surface area contributed by atoms with Crippen LogP contribution >= 0.6 is 0 Å². The fourth-order valence-corrected chi connectivity index (χ4v) is 1.59. The van der Waals surface area contributed by atoms with Gasteiger partial charge >= 0.3 is 0 Å². The minimum absolute atomic E-state index is 0.0491. The smallest absolute Gasteiger partial charge is 0.270 e. The van der Waals surface area contributed by atoms with Gasteiger partial charge in [-0.2, -0.15) is 0 Å². The van der Waals surface area contributed by atoms with Crippen LogP contribution < -0.4 is 5.32 Å². The largest absolute Gasteiger partial charge is 0.395 e. The van der Waals surface area contributed by atoms with E-state index in [1.54, 1.807) is 18.3 Å². The minimum Gasteiger partial charge on any atom is -0.395 e. The van der Waals surface area contributed by atoms with Crippen LogP contribution in [0.3, 0.4) is 0 Å². The van der Waals surface area contributed by atoms with E-state index in [9.17, 15) is 4.79 Å². The van der Waals surface area contributed by atoms with Gasteiger partial charge in [0.05, 0.1) is 6.61 Å². The third-order valence-electron chi connectivity index (χ3n) is 3.44. The van der Waals surface area contributed by atoms with Crippen molar-refractivity contribution in [3.05, 3.63) is 29.6 Å². The number of amides is 1. The van der Waals surface area contributed by atoms with Gasteiger partial charge in [-0.3, -0.25) is 4.79 Å². The fraction of sp³-hybridized carbons (Fsp3) is 0.500. The molecule has 0 fully saturated rings. The van der Waals surface area contributed by atoms with E-state index in [0.29, 0.717) is 12.1 Å². The van der Waals surface area contributed by atoms with Crippen LogP contribution in [0.1, 0.15) is 56.1 Å². The van der Waals surface area contributed by atoms with Crippen LogP contribution in [0.5, 0.6) is 0 Å². The van der Waals surface area contributed by atoms with Crippen molar-refractivity contribution < 1.29 is 9.90 Å². The molecule has 4 heteroatoms. The Kier molecular flexibility index (Phi) is 6.20. The van der Waals surface area contributed by atoms with E-state index in [4.69, 9.17) is 5.11 Å². The predicted octanol–water partition coefficient (Wildman–Crippen LogP) is 2.12. The lowest BCUT2D eigenvalue weighted by Crippen LogP contribution is -2.45. The number of carbonyl (C=O) groups excluding carboxylic acids is 1. The second kappa shape index (κ2) is 7.66. The first-order valence-electron chi connectivity index (χ1n) is 6.93. The zero-order valence-electron chi connectivity index (χ0n) is 12.4. The highest BCUT2D eigenvalue weighted by Gasteiger charge is 2.22. The van der Waals surface area contributed by atoms with Crippen molar-refractivity contribution >= 4 is 5.91 Å². The van der Waals surface area contributed by atoms with Crippen molar-refractivity contribution in [2.75, 3.05) is 6.61 Å². The van der Waals surface area contributed by atoms with E-state index in [1.807, 2.05) is 6.92 Å². The first-order valence-corrected chi connectivity index (χ1v) is 6.93. The van der Waals surface area contributed by atoms with Gasteiger partial charge < -0.3 is 10.4 Å². The van der Waals surface area contributed by atoms with Crippen molar-refractivity contribution in [2.24, 2.45) is 0 Å². The molecule has 0 unspecified atom stereocenters. The topological polar surface area (TPSA) is 62.2 Å². The summed E-state index contributed by atoms with van der Waals surface area (Å²) in [5.74, 6) is 5.53. The summed E-state index contributed by atoms with van der Waals surface area (Å²) in [6, 6.07) is 3.44. The van der Waals surface area contributed by atoms with E-state index in [-0.39, 0.29) is 18.1 Å². The molecule has 0 saturated carbocycles. The summed E-state index contributed by atoms with van der Waals surface area (Å²) < 4.78 is 0. The summed E-state index contributed by atoms with van der Waals surface area (Å²) in [5.41, 5.74) is 0.938. The van der Waals surface area contributed by atoms with Gasteiger partial charge in [-0.05, 0) is 31.9 Å². The zero-order chi connectivity index (χ0) is 15.0. The van der Waals surface area contributed by atoms with Gasteiger partial charge in [-0.15, -0.1) is 0 Å². The summed E-state index contributed by atoms with van der Waals surface area (Å²) in [7, 11) is 0. The van der Waals surface area contributed by atoms with Crippen LogP contribution in [0.15, 0.2) is 18.3 Å². The number of nitrogens with zero attached hydrogens (tertiary/aromatic N) is 1. The molecule has 1 aromatic rings. The maximum Gasteiger partial charge on any atom is 0.270 e. The summed E-state index contributed by atoms with van der Waals surface area (Å²) in [6.45, 7) is 6.18. The van der Waals surface area contributed by atoms with Crippen LogP contribution in [0.25, 0.3) is 0 Å². The Balaban J connectivity index is 2.74. The SMILES string of the molecule is CCC(C)(CC)NC(=O)c1ccc(C#CCCO)cn1. The molecule has 0 aromatic carbocycles. The van der Waals surface area contributed by atoms with Gasteiger partial charge in [0.2, 0.25) is 0 Å². The van der Waals surface area contributed by atoms with E-state index in [0.717, 1.165) is 18.4 Å². The number of carbonyl (C=O) groups is 1. The van der Waals surface area contributed by atoms with Crippen molar-refractivity contribution in [3.8, 4) is 11.8 Å². The number of aliphatic hydroxyl groups is 1. The third kappa shape index (κ3) is 4.67. The molecule has 0 radical (unpaired) electrons. The highest BCUT2D eigenvalue weighted by molar-refractivity contribution is 5.92. The Labute approximate surface area is 120 Å². The van der Waals surface area contributed by atoms with Gasteiger partial charge in [0.15, 0.2) is 0 Å². The molecular formula is C16H22N2O2. The molecule has 20 heavy (non-hydrogen) atoms. The van der Waals surface area contributed by atoms with Gasteiger partial charge in [-0.1, -0.05) is 25.7 Å². The molecule has 0 spiro atoms. The van der Waals surface area contributed by atoms with Crippen LogP contribution in [-0.2, 0) is 0 Å². The lowest BCUT2D eigenvalue weighted by Gasteiger charge is -2.27. The maximum absolute atomic E-state index is 12.1. The maximum atomic E-state index is 12.1. The van der Waals surface area contributed by atoms with E-state index in [1.165, 1.54) is 0 Å². The Morgan fingerprint density at radius 2 is 2.10 bits per heavy atom. The number of aliphatic hydroxyl groups excluding tert-OH is 1. The summed E-state index contributed by atoms with van der Waals surface area (Å²) in [4.78, 5) is 16.2. The molecule has 0 atom stereocenters. The summed E-state index contributed by atoms with van der Waals surface area (Å²) >= 11 is 0. The average Bonchev–Trinajstić information content (AvgIpc) is 2.48. The molecule has 0 saturated heterocycles. The normalized spacial score (nSPS) is 10.6. The Bertz CT molecular complexity index is 493. The lowest BCUT2D eigenvalue weighted by molar-refractivity contribution is 0.0896. The van der Waals surface area contributed by atoms with Crippen molar-refractivity contribution in [1.82, 2.24) is 10.3 Å². The number of hydrogen-bond donors (Lipinski definition) is 2. The second-order valence-electron chi connectivity index (χ2n) is 4.93. The average molecular weight is 274 g/mol. The zero-order valence-corrected chi connectivity index (χ0v) is 12.4. The molecule has 1 rings (SSSR count). The standard InChI is InChI=1S/C16H22N2O2/c1-4-16(3,5-2)18-15(20)14-10-9-13(12-17-14)8-6-7-11-19/h9-10,12,19H,4-5,7,11H2,1-3H3,(H,18,20). The number of rotatable bonds is 5. The molecule has 0 aliphatic carbocycles. The number of pyridine rings is 1. The van der Waals surface area contributed by atoms with Crippen LogP contribution in [-0.4, -0.2) is 28.1 Å². The van der Waals surface area contributed by atoms with Gasteiger partial charge in [0.25, 0.3) is 5.91 Å². The second-order valence-corrected chi connectivity index (χ2v) is 4.93. The van der Waals surface area contributed by atoms with Gasteiger partial charge in [-0.25, -0.2) is 4.98 Å². The lowest BCUT2D eigenvalue weighted by atomic mass is 9.95. The van der Waals surface area contributed by atoms with Crippen molar-refractivity contribution in [1.29, 1.82) is 0 Å². The van der Waals surface area contributed by atoms with Gasteiger partial charge in [0, 0.05) is 23.7 Å². The van der Waals surface area contributed by atoms with Crippen molar-refractivity contribution in [3.63, 3.8) is 0 Å². The molecule has 1 aromatic heterocycles. The third-order valence-corrected chi connectivity index (χ3v) is 3.44. The molecule has 108 valence electrons. The molecule has 4 nitrogen and oxygen atoms in total. The Morgan fingerprint density at radius 1 is 1.40 bits per heavy atom. The minimum atomic E-state index is -0.196. The van der Waals surface area contributed by atoms with Crippen LogP contribution in [0.4, 0.5) is 0 Å². The molecular weight excluding hydrogens is 252 g/mol. The quantitative estimate of drug-likeness (QED) is 0.808. The first-order chi connectivity index (χ1) is 9.54. The molecule has 1 heterocycles. The van der Waals surface area contributed by atoms with E-state index in [2.05, 4.69) is 36.0 Å². The number of nitrogens with one attached hydrogen (secondary N) is 1. The van der Waals surface area contributed by atoms with E-state index < -0.39 is 0 Å². The Hall–Kier alpha value is -1.86. The van der Waals surface area contributed by atoms with Gasteiger partial charge in [0.1, 0.15) is 5.69 Å². The van der Waals surface area contributed by atoms with Crippen molar-refractivity contribution in [2.45, 2.75) is 45.6 Å². The van der Waals surface area contributed by atoms with Crippen LogP contribution in [0.2, 0.25) is 0 Å².